The molecule has 0 saturated carbocycles. The second kappa shape index (κ2) is 6.46. The molecule has 110 valence electrons. The third-order valence-corrected chi connectivity index (χ3v) is 4.17. The fourth-order valence-electron chi connectivity index (χ4n) is 2.88. The largest absolute Gasteiger partial charge is 0.486 e. The van der Waals surface area contributed by atoms with Crippen LogP contribution < -0.4 is 14.8 Å². The van der Waals surface area contributed by atoms with E-state index in [4.69, 9.17) is 9.47 Å². The van der Waals surface area contributed by atoms with Crippen molar-refractivity contribution >= 4 is 0 Å². The summed E-state index contributed by atoms with van der Waals surface area (Å²) < 4.78 is 11.2. The first-order chi connectivity index (χ1) is 9.81. The molecule has 0 spiro atoms. The van der Waals surface area contributed by atoms with Gasteiger partial charge in [0.2, 0.25) is 0 Å². The van der Waals surface area contributed by atoms with E-state index in [0.717, 1.165) is 24.5 Å². The Bertz CT molecular complexity index is 442. The van der Waals surface area contributed by atoms with Crippen molar-refractivity contribution in [2.45, 2.75) is 25.3 Å². The minimum atomic E-state index is 0.657. The highest BCUT2D eigenvalue weighted by Crippen LogP contribution is 2.30. The molecule has 4 nitrogen and oxygen atoms in total. The van der Waals surface area contributed by atoms with Gasteiger partial charge in [0.05, 0.1) is 0 Å². The van der Waals surface area contributed by atoms with Crippen molar-refractivity contribution < 1.29 is 9.47 Å². The molecule has 1 saturated heterocycles. The summed E-state index contributed by atoms with van der Waals surface area (Å²) in [5, 5.41) is 3.67. The minimum absolute atomic E-state index is 0.657. The molecule has 1 aromatic carbocycles. The van der Waals surface area contributed by atoms with Crippen molar-refractivity contribution in [2.75, 3.05) is 39.9 Å². The SMILES string of the molecule is CN1CCC(NCCc2ccc3c(c2)OCCO3)CC1. The molecule has 20 heavy (non-hydrogen) atoms. The van der Waals surface area contributed by atoms with Crippen molar-refractivity contribution in [1.29, 1.82) is 0 Å². The summed E-state index contributed by atoms with van der Waals surface area (Å²) in [5.41, 5.74) is 1.31. The Hall–Kier alpha value is -1.26. The first-order valence-corrected chi connectivity index (χ1v) is 7.62. The molecule has 0 bridgehead atoms. The summed E-state index contributed by atoms with van der Waals surface area (Å²) in [5.74, 6) is 1.77. The Morgan fingerprint density at radius 3 is 2.70 bits per heavy atom. The zero-order valence-corrected chi connectivity index (χ0v) is 12.2. The summed E-state index contributed by atoms with van der Waals surface area (Å²) in [6, 6.07) is 6.97. The van der Waals surface area contributed by atoms with Crippen LogP contribution in [0.1, 0.15) is 18.4 Å². The van der Waals surface area contributed by atoms with E-state index >= 15 is 0 Å². The van der Waals surface area contributed by atoms with Gasteiger partial charge in [-0.3, -0.25) is 0 Å². The molecule has 0 amide bonds. The monoisotopic (exact) mass is 276 g/mol. The van der Waals surface area contributed by atoms with Gasteiger partial charge in [-0.05, 0) is 63.6 Å². The molecule has 0 radical (unpaired) electrons. The van der Waals surface area contributed by atoms with E-state index in [2.05, 4.69) is 29.4 Å². The molecule has 2 aliphatic rings. The first kappa shape index (κ1) is 13.7. The normalized spacial score (nSPS) is 20.1. The van der Waals surface area contributed by atoms with Crippen LogP contribution in [0.5, 0.6) is 11.5 Å². The average molecular weight is 276 g/mol. The standard InChI is InChI=1S/C16H24N2O2/c1-18-8-5-14(6-9-18)17-7-4-13-2-3-15-16(12-13)20-11-10-19-15/h2-3,12,14,17H,4-11H2,1H3. The number of nitrogens with zero attached hydrogens (tertiary/aromatic N) is 1. The predicted molar refractivity (Wildman–Crippen MR) is 79.7 cm³/mol. The third kappa shape index (κ3) is 3.44. The molecule has 1 N–H and O–H groups in total. The summed E-state index contributed by atoms with van der Waals surface area (Å²) >= 11 is 0. The third-order valence-electron chi connectivity index (χ3n) is 4.17. The van der Waals surface area contributed by atoms with Crippen LogP contribution in [-0.4, -0.2) is 50.8 Å². The van der Waals surface area contributed by atoms with Crippen molar-refractivity contribution in [3.8, 4) is 11.5 Å². The maximum Gasteiger partial charge on any atom is 0.161 e. The Labute approximate surface area is 121 Å². The van der Waals surface area contributed by atoms with E-state index in [1.54, 1.807) is 0 Å². The molecule has 0 aromatic heterocycles. The van der Waals surface area contributed by atoms with Crippen LogP contribution in [0.15, 0.2) is 18.2 Å². The number of piperidine rings is 1. The van der Waals surface area contributed by atoms with Gasteiger partial charge in [0.15, 0.2) is 11.5 Å². The predicted octanol–water partition coefficient (Wildman–Crippen LogP) is 1.68. The molecule has 1 fully saturated rings. The molecular weight excluding hydrogens is 252 g/mol. The molecule has 2 heterocycles. The van der Waals surface area contributed by atoms with Gasteiger partial charge in [0, 0.05) is 6.04 Å². The maximum absolute atomic E-state index is 5.62. The van der Waals surface area contributed by atoms with Gasteiger partial charge in [0.1, 0.15) is 13.2 Å². The number of hydrogen-bond donors (Lipinski definition) is 1. The number of likely N-dealkylation sites (tertiary alicyclic amines) is 1. The highest BCUT2D eigenvalue weighted by Gasteiger charge is 2.16. The van der Waals surface area contributed by atoms with Crippen molar-refractivity contribution in [3.05, 3.63) is 23.8 Å². The second-order valence-corrected chi connectivity index (χ2v) is 5.76. The molecule has 0 unspecified atom stereocenters. The molecule has 2 aliphatic heterocycles. The zero-order valence-electron chi connectivity index (χ0n) is 12.2. The van der Waals surface area contributed by atoms with Gasteiger partial charge >= 0.3 is 0 Å². The lowest BCUT2D eigenvalue weighted by atomic mass is 10.0. The fraction of sp³-hybridized carbons (Fsp3) is 0.625. The Morgan fingerprint density at radius 2 is 1.90 bits per heavy atom. The van der Waals surface area contributed by atoms with E-state index in [9.17, 15) is 0 Å². The van der Waals surface area contributed by atoms with Crippen LogP contribution in [-0.2, 0) is 6.42 Å². The summed E-state index contributed by atoms with van der Waals surface area (Å²) in [6.07, 6.45) is 3.57. The molecule has 3 rings (SSSR count). The second-order valence-electron chi connectivity index (χ2n) is 5.76. The molecule has 1 aromatic rings. The smallest absolute Gasteiger partial charge is 0.161 e. The van der Waals surface area contributed by atoms with Gasteiger partial charge in [-0.15, -0.1) is 0 Å². The molecule has 0 aliphatic carbocycles. The summed E-state index contributed by atoms with van der Waals surface area (Å²) in [4.78, 5) is 2.40. The van der Waals surface area contributed by atoms with Gasteiger partial charge < -0.3 is 19.7 Å². The summed E-state index contributed by atoms with van der Waals surface area (Å²) in [6.45, 7) is 4.77. The van der Waals surface area contributed by atoms with Crippen LogP contribution in [0, 0.1) is 0 Å². The highest BCUT2D eigenvalue weighted by molar-refractivity contribution is 5.43. The maximum atomic E-state index is 5.62. The van der Waals surface area contributed by atoms with E-state index < -0.39 is 0 Å². The quantitative estimate of drug-likeness (QED) is 0.907. The van der Waals surface area contributed by atoms with Crippen molar-refractivity contribution in [2.24, 2.45) is 0 Å². The number of nitrogens with one attached hydrogen (secondary N) is 1. The van der Waals surface area contributed by atoms with Crippen molar-refractivity contribution in [1.82, 2.24) is 10.2 Å². The topological polar surface area (TPSA) is 33.7 Å². The van der Waals surface area contributed by atoms with Crippen LogP contribution >= 0.6 is 0 Å². The van der Waals surface area contributed by atoms with E-state index in [1.165, 1.54) is 31.5 Å². The van der Waals surface area contributed by atoms with Gasteiger partial charge in [-0.25, -0.2) is 0 Å². The minimum Gasteiger partial charge on any atom is -0.486 e. The number of hydrogen-bond acceptors (Lipinski definition) is 4. The molecule has 4 heteroatoms. The average Bonchev–Trinajstić information content (AvgIpc) is 2.49. The van der Waals surface area contributed by atoms with E-state index in [0.29, 0.717) is 19.3 Å². The fourth-order valence-corrected chi connectivity index (χ4v) is 2.88. The Morgan fingerprint density at radius 1 is 1.15 bits per heavy atom. The van der Waals surface area contributed by atoms with E-state index in [-0.39, 0.29) is 0 Å². The van der Waals surface area contributed by atoms with Gasteiger partial charge in [0.25, 0.3) is 0 Å². The highest BCUT2D eigenvalue weighted by atomic mass is 16.6. The molecular formula is C16H24N2O2. The van der Waals surface area contributed by atoms with Gasteiger partial charge in [-0.2, -0.15) is 0 Å². The number of fused-ring (bicyclic) bond motifs is 1. The van der Waals surface area contributed by atoms with Crippen LogP contribution in [0.3, 0.4) is 0 Å². The van der Waals surface area contributed by atoms with Gasteiger partial charge in [-0.1, -0.05) is 6.07 Å². The number of benzene rings is 1. The van der Waals surface area contributed by atoms with Crippen LogP contribution in [0.4, 0.5) is 0 Å². The van der Waals surface area contributed by atoms with E-state index in [1.807, 2.05) is 6.07 Å². The number of ether oxygens (including phenoxy) is 2. The van der Waals surface area contributed by atoms with Crippen LogP contribution in [0.2, 0.25) is 0 Å². The van der Waals surface area contributed by atoms with Crippen molar-refractivity contribution in [3.63, 3.8) is 0 Å². The zero-order chi connectivity index (χ0) is 13.8. The Balaban J connectivity index is 1.46. The summed E-state index contributed by atoms with van der Waals surface area (Å²) in [7, 11) is 2.20. The lowest BCUT2D eigenvalue weighted by Crippen LogP contribution is -2.41. The van der Waals surface area contributed by atoms with Crippen LogP contribution in [0.25, 0.3) is 0 Å². The first-order valence-electron chi connectivity index (χ1n) is 7.62. The Kier molecular flexibility index (Phi) is 4.43. The molecule has 0 atom stereocenters. The lowest BCUT2D eigenvalue weighted by Gasteiger charge is -2.29. The number of rotatable bonds is 4. The lowest BCUT2D eigenvalue weighted by molar-refractivity contribution is 0.171.